The highest BCUT2D eigenvalue weighted by molar-refractivity contribution is 7.14. The molecule has 0 aliphatic carbocycles. The summed E-state index contributed by atoms with van der Waals surface area (Å²) < 4.78 is 4.66. The van der Waals surface area contributed by atoms with Crippen molar-refractivity contribution in [2.75, 3.05) is 22.6 Å². The third-order valence-electron chi connectivity index (χ3n) is 5.78. The molecule has 194 valence electrons. The molecule has 0 spiro atoms. The molecule has 4 aromatic rings. The van der Waals surface area contributed by atoms with Crippen molar-refractivity contribution in [2.45, 2.75) is 0 Å². The molecule has 0 bridgehead atoms. The fourth-order valence-electron chi connectivity index (χ4n) is 3.80. The van der Waals surface area contributed by atoms with E-state index >= 15 is 0 Å². The normalized spacial score (nSPS) is 13.0. The van der Waals surface area contributed by atoms with E-state index < -0.39 is 17.8 Å². The first-order chi connectivity index (χ1) is 18.9. The van der Waals surface area contributed by atoms with Crippen molar-refractivity contribution < 1.29 is 23.9 Å². The summed E-state index contributed by atoms with van der Waals surface area (Å²) in [4.78, 5) is 55.5. The van der Waals surface area contributed by atoms with Gasteiger partial charge in [-0.15, -0.1) is 11.3 Å². The molecule has 5 rings (SSSR count). The molecule has 0 radical (unpaired) electrons. The molecule has 2 heterocycles. The number of carbonyl (C=O) groups excluding carboxylic acids is 4. The Morgan fingerprint density at radius 1 is 0.897 bits per heavy atom. The Hall–Kier alpha value is -4.80. The lowest BCUT2D eigenvalue weighted by Gasteiger charge is -2.15. The lowest BCUT2D eigenvalue weighted by Crippen LogP contribution is -2.32. The molecular weight excluding hydrogens is 540 g/mol. The fourth-order valence-corrected chi connectivity index (χ4v) is 4.73. The van der Waals surface area contributed by atoms with Gasteiger partial charge in [-0.05, 0) is 48.5 Å². The van der Waals surface area contributed by atoms with Gasteiger partial charge in [0.05, 0.1) is 24.1 Å². The van der Waals surface area contributed by atoms with Gasteiger partial charge in [-0.2, -0.15) is 0 Å². The van der Waals surface area contributed by atoms with Gasteiger partial charge in [0.2, 0.25) is 0 Å². The summed E-state index contributed by atoms with van der Waals surface area (Å²) in [5.74, 6) is -2.25. The highest BCUT2D eigenvalue weighted by atomic mass is 35.5. The summed E-state index contributed by atoms with van der Waals surface area (Å²) in [7, 11) is 1.26. The van der Waals surface area contributed by atoms with Crippen molar-refractivity contribution in [1.29, 1.82) is 0 Å². The number of aromatic nitrogens is 1. The van der Waals surface area contributed by atoms with E-state index in [2.05, 4.69) is 20.4 Å². The van der Waals surface area contributed by atoms with Gasteiger partial charge in [-0.25, -0.2) is 14.7 Å². The molecule has 0 fully saturated rings. The minimum atomic E-state index is -0.704. The molecule has 0 atom stereocenters. The summed E-state index contributed by atoms with van der Waals surface area (Å²) >= 11 is 7.52. The quantitative estimate of drug-likeness (QED) is 0.234. The average Bonchev–Trinajstić information content (AvgIpc) is 3.52. The number of hydrogen-bond acceptors (Lipinski definition) is 8. The highest BCUT2D eigenvalue weighted by Gasteiger charge is 2.39. The van der Waals surface area contributed by atoms with Crippen LogP contribution in [-0.4, -0.2) is 35.8 Å². The number of esters is 1. The fraction of sp³-hybridized carbons (Fsp3) is 0.0357. The third-order valence-corrected chi connectivity index (χ3v) is 6.89. The zero-order valence-corrected chi connectivity index (χ0v) is 21.9. The Bertz CT molecular complexity index is 1620. The number of benzene rings is 3. The van der Waals surface area contributed by atoms with E-state index in [1.54, 1.807) is 24.3 Å². The molecule has 0 saturated carbocycles. The van der Waals surface area contributed by atoms with Gasteiger partial charge < -0.3 is 10.1 Å². The Morgan fingerprint density at radius 3 is 2.23 bits per heavy atom. The van der Waals surface area contributed by atoms with Crippen LogP contribution in [0.25, 0.3) is 11.3 Å². The van der Waals surface area contributed by atoms with E-state index in [-0.39, 0.29) is 27.9 Å². The minimum absolute atomic E-state index is 0.105. The summed E-state index contributed by atoms with van der Waals surface area (Å²) in [5, 5.41) is 7.70. The van der Waals surface area contributed by atoms with Crippen LogP contribution in [0.3, 0.4) is 0 Å². The zero-order valence-electron chi connectivity index (χ0n) is 20.3. The first kappa shape index (κ1) is 25.8. The second-order valence-corrected chi connectivity index (χ2v) is 9.47. The zero-order chi connectivity index (χ0) is 27.5. The van der Waals surface area contributed by atoms with E-state index in [4.69, 9.17) is 11.6 Å². The maximum atomic E-state index is 13.0. The van der Waals surface area contributed by atoms with Crippen LogP contribution in [0.15, 0.2) is 95.0 Å². The third kappa shape index (κ3) is 5.28. The van der Waals surface area contributed by atoms with Crippen molar-refractivity contribution in [1.82, 2.24) is 4.98 Å². The second-order valence-electron chi connectivity index (χ2n) is 8.23. The van der Waals surface area contributed by atoms with Gasteiger partial charge in [-0.3, -0.25) is 19.7 Å². The standard InChI is InChI=1S/C28H19ClN4O5S/c1-38-27(37)18-9-13-20(14-10-18)33-25(35)22(29)23(26(33)36)30-19-11-7-17(8-12-19)24(34)32-28-31-21(15-39-28)16-5-3-2-4-6-16/h2-15,30H,1H3,(H,31,32,34). The van der Waals surface area contributed by atoms with E-state index in [9.17, 15) is 19.2 Å². The smallest absolute Gasteiger partial charge is 0.337 e. The Kier molecular flexibility index (Phi) is 7.22. The summed E-state index contributed by atoms with van der Waals surface area (Å²) in [6.45, 7) is 0. The van der Waals surface area contributed by atoms with Crippen molar-refractivity contribution in [3.63, 3.8) is 0 Å². The Balaban J connectivity index is 1.25. The predicted molar refractivity (Wildman–Crippen MR) is 149 cm³/mol. The molecular formula is C28H19ClN4O5S. The van der Waals surface area contributed by atoms with Gasteiger partial charge in [-0.1, -0.05) is 41.9 Å². The Labute approximate surface area is 231 Å². The number of nitrogens with zero attached hydrogens (tertiary/aromatic N) is 2. The molecule has 0 unspecified atom stereocenters. The monoisotopic (exact) mass is 558 g/mol. The lowest BCUT2D eigenvalue weighted by atomic mass is 10.2. The maximum absolute atomic E-state index is 13.0. The SMILES string of the molecule is COC(=O)c1ccc(N2C(=O)C(Cl)=C(Nc3ccc(C(=O)Nc4nc(-c5ccccc5)cs4)cc3)C2=O)cc1. The van der Waals surface area contributed by atoms with Crippen molar-refractivity contribution in [3.05, 3.63) is 106 Å². The van der Waals surface area contributed by atoms with Gasteiger partial charge in [0.1, 0.15) is 10.7 Å². The summed E-state index contributed by atoms with van der Waals surface area (Å²) in [6.07, 6.45) is 0. The number of methoxy groups -OCH3 is 1. The molecule has 1 aliphatic rings. The minimum Gasteiger partial charge on any atom is -0.465 e. The number of rotatable bonds is 7. The van der Waals surface area contributed by atoms with E-state index in [1.165, 1.54) is 42.7 Å². The first-order valence-corrected chi connectivity index (χ1v) is 12.8. The van der Waals surface area contributed by atoms with Crippen LogP contribution in [0.4, 0.5) is 16.5 Å². The number of anilines is 3. The molecule has 9 nitrogen and oxygen atoms in total. The van der Waals surface area contributed by atoms with Crippen LogP contribution >= 0.6 is 22.9 Å². The lowest BCUT2D eigenvalue weighted by molar-refractivity contribution is -0.120. The first-order valence-electron chi connectivity index (χ1n) is 11.5. The number of thiazole rings is 1. The number of amides is 3. The molecule has 1 aromatic heterocycles. The van der Waals surface area contributed by atoms with E-state index in [0.717, 1.165) is 16.2 Å². The van der Waals surface area contributed by atoms with E-state index in [1.807, 2.05) is 35.7 Å². The van der Waals surface area contributed by atoms with Crippen LogP contribution in [0, 0.1) is 0 Å². The maximum Gasteiger partial charge on any atom is 0.337 e. The molecule has 0 saturated heterocycles. The average molecular weight is 559 g/mol. The van der Waals surface area contributed by atoms with Crippen LogP contribution in [0.2, 0.25) is 0 Å². The van der Waals surface area contributed by atoms with Gasteiger partial charge >= 0.3 is 5.97 Å². The van der Waals surface area contributed by atoms with Crippen molar-refractivity contribution in [2.24, 2.45) is 0 Å². The Morgan fingerprint density at radius 2 is 1.56 bits per heavy atom. The molecule has 39 heavy (non-hydrogen) atoms. The molecule has 1 aliphatic heterocycles. The molecule has 3 amide bonds. The van der Waals surface area contributed by atoms with Crippen molar-refractivity contribution in [3.8, 4) is 11.3 Å². The van der Waals surface area contributed by atoms with Crippen LogP contribution < -0.4 is 15.5 Å². The topological polar surface area (TPSA) is 118 Å². The molecule has 2 N–H and O–H groups in total. The van der Waals surface area contributed by atoms with Crippen molar-refractivity contribution >= 4 is 63.1 Å². The number of halogens is 1. The summed E-state index contributed by atoms with van der Waals surface area (Å²) in [6, 6.07) is 21.8. The molecule has 11 heteroatoms. The summed E-state index contributed by atoms with van der Waals surface area (Å²) in [5.41, 5.74) is 2.96. The van der Waals surface area contributed by atoms with Gasteiger partial charge in [0.25, 0.3) is 17.7 Å². The number of ether oxygens (including phenoxy) is 1. The second kappa shape index (κ2) is 10.9. The highest BCUT2D eigenvalue weighted by Crippen LogP contribution is 2.31. The van der Waals surface area contributed by atoms with Crippen LogP contribution in [-0.2, 0) is 14.3 Å². The predicted octanol–water partition coefficient (Wildman–Crippen LogP) is 5.28. The largest absolute Gasteiger partial charge is 0.465 e. The van der Waals surface area contributed by atoms with E-state index in [0.29, 0.717) is 16.4 Å². The molecule has 3 aromatic carbocycles. The van der Waals surface area contributed by atoms with Gasteiger partial charge in [0.15, 0.2) is 5.13 Å². The number of imide groups is 1. The van der Waals surface area contributed by atoms with Crippen LogP contribution in [0.5, 0.6) is 0 Å². The van der Waals surface area contributed by atoms with Gasteiger partial charge in [0, 0.05) is 22.2 Å². The number of nitrogens with one attached hydrogen (secondary N) is 2. The number of carbonyl (C=O) groups is 4. The van der Waals surface area contributed by atoms with Crippen LogP contribution in [0.1, 0.15) is 20.7 Å². The number of hydrogen-bond donors (Lipinski definition) is 2.